The molecule has 5 nitrogen and oxygen atoms in total. The van der Waals surface area contributed by atoms with Gasteiger partial charge in [0.2, 0.25) is 0 Å². The number of halogens is 1. The molecule has 0 unspecified atom stereocenters. The van der Waals surface area contributed by atoms with E-state index in [1.807, 2.05) is 18.2 Å². The van der Waals surface area contributed by atoms with Crippen LogP contribution >= 0.6 is 11.6 Å². The lowest BCUT2D eigenvalue weighted by molar-refractivity contribution is 0.601. The van der Waals surface area contributed by atoms with Crippen molar-refractivity contribution < 1.29 is 8.42 Å². The van der Waals surface area contributed by atoms with Crippen molar-refractivity contribution in [2.24, 2.45) is 0 Å². The first kappa shape index (κ1) is 18.2. The van der Waals surface area contributed by atoms with Crippen molar-refractivity contribution in [2.45, 2.75) is 11.3 Å². The van der Waals surface area contributed by atoms with Gasteiger partial charge in [0.25, 0.3) is 10.0 Å². The maximum Gasteiger partial charge on any atom is 0.261 e. The van der Waals surface area contributed by atoms with Crippen LogP contribution in [0.1, 0.15) is 5.56 Å². The zero-order valence-corrected chi connectivity index (χ0v) is 15.5. The summed E-state index contributed by atoms with van der Waals surface area (Å²) in [6.45, 7) is 0.743. The topological polar surface area (TPSA) is 71.1 Å². The molecule has 1 heterocycles. The van der Waals surface area contributed by atoms with E-state index in [1.165, 1.54) is 36.0 Å². The average molecular weight is 388 g/mol. The van der Waals surface area contributed by atoms with Gasteiger partial charge < -0.3 is 5.32 Å². The smallest absolute Gasteiger partial charge is 0.261 e. The molecule has 0 amide bonds. The molecule has 7 heteroatoms. The van der Waals surface area contributed by atoms with Gasteiger partial charge >= 0.3 is 0 Å². The van der Waals surface area contributed by atoms with E-state index in [4.69, 9.17) is 11.6 Å². The van der Waals surface area contributed by atoms with Crippen LogP contribution in [-0.2, 0) is 16.4 Å². The Hall–Kier alpha value is -2.57. The van der Waals surface area contributed by atoms with E-state index in [9.17, 15) is 8.42 Å². The molecule has 2 aromatic carbocycles. The van der Waals surface area contributed by atoms with Gasteiger partial charge in [0.1, 0.15) is 5.82 Å². The van der Waals surface area contributed by atoms with Crippen LogP contribution in [0.3, 0.4) is 0 Å². The predicted molar refractivity (Wildman–Crippen MR) is 105 cm³/mol. The van der Waals surface area contributed by atoms with E-state index < -0.39 is 10.0 Å². The number of sulfonamides is 1. The first-order chi connectivity index (χ1) is 12.5. The van der Waals surface area contributed by atoms with Gasteiger partial charge in [-0.3, -0.25) is 4.72 Å². The van der Waals surface area contributed by atoms with Crippen LogP contribution in [-0.4, -0.2) is 19.9 Å². The Morgan fingerprint density at radius 2 is 1.65 bits per heavy atom. The maximum absolute atomic E-state index is 12.3. The number of nitrogens with zero attached hydrogens (tertiary/aromatic N) is 1. The largest absolute Gasteiger partial charge is 0.370 e. The third-order valence-electron chi connectivity index (χ3n) is 3.70. The van der Waals surface area contributed by atoms with E-state index in [0.717, 1.165) is 13.0 Å². The molecule has 0 bridgehead atoms. The average Bonchev–Trinajstić information content (AvgIpc) is 2.64. The highest BCUT2D eigenvalue weighted by Gasteiger charge is 2.14. The molecule has 0 aliphatic rings. The quantitative estimate of drug-likeness (QED) is 0.637. The van der Waals surface area contributed by atoms with E-state index in [0.29, 0.717) is 16.5 Å². The highest BCUT2D eigenvalue weighted by atomic mass is 35.5. The number of rotatable bonds is 7. The monoisotopic (exact) mass is 387 g/mol. The Labute approximate surface area is 158 Å². The van der Waals surface area contributed by atoms with Crippen molar-refractivity contribution in [3.05, 3.63) is 83.5 Å². The van der Waals surface area contributed by atoms with Crippen LogP contribution in [0.4, 0.5) is 11.5 Å². The summed E-state index contributed by atoms with van der Waals surface area (Å²) in [6.07, 6.45) is 2.37. The lowest BCUT2D eigenvalue weighted by atomic mass is 10.1. The summed E-state index contributed by atoms with van der Waals surface area (Å²) < 4.78 is 27.2. The highest BCUT2D eigenvalue weighted by molar-refractivity contribution is 7.92. The van der Waals surface area contributed by atoms with E-state index >= 15 is 0 Å². The first-order valence-electron chi connectivity index (χ1n) is 8.05. The molecule has 0 saturated carbocycles. The minimum Gasteiger partial charge on any atom is -0.370 e. The summed E-state index contributed by atoms with van der Waals surface area (Å²) in [5, 5.41) is 3.70. The Bertz CT molecular complexity index is 944. The molecule has 3 rings (SSSR count). The van der Waals surface area contributed by atoms with Crippen LogP contribution < -0.4 is 10.0 Å². The fraction of sp³-hybridized carbons (Fsp3) is 0.105. The van der Waals surface area contributed by atoms with Gasteiger partial charge in [0.05, 0.1) is 16.8 Å². The molecule has 26 heavy (non-hydrogen) atoms. The van der Waals surface area contributed by atoms with Crippen LogP contribution in [0.5, 0.6) is 0 Å². The highest BCUT2D eigenvalue weighted by Crippen LogP contribution is 2.18. The second kappa shape index (κ2) is 8.21. The Morgan fingerprint density at radius 1 is 0.923 bits per heavy atom. The number of pyridine rings is 1. The summed E-state index contributed by atoms with van der Waals surface area (Å²) in [5.41, 5.74) is 1.64. The standard InChI is InChI=1S/C19H18ClN3O2S/c20-16-6-9-18(10-7-16)26(24,25)23-17-8-11-19(22-14-17)21-13-12-15-4-2-1-3-5-15/h1-11,14,23H,12-13H2,(H,21,22). The summed E-state index contributed by atoms with van der Waals surface area (Å²) in [7, 11) is -3.66. The Kier molecular flexibility index (Phi) is 5.75. The van der Waals surface area contributed by atoms with Gasteiger partial charge in [0.15, 0.2) is 0 Å². The van der Waals surface area contributed by atoms with Gasteiger partial charge in [-0.1, -0.05) is 41.9 Å². The number of aromatic nitrogens is 1. The normalized spacial score (nSPS) is 11.1. The molecular weight excluding hydrogens is 370 g/mol. The van der Waals surface area contributed by atoms with Gasteiger partial charge in [0, 0.05) is 11.6 Å². The molecule has 0 radical (unpaired) electrons. The molecular formula is C19H18ClN3O2S. The molecule has 0 fully saturated rings. The number of anilines is 2. The van der Waals surface area contributed by atoms with Crippen LogP contribution in [0.15, 0.2) is 77.8 Å². The molecule has 0 spiro atoms. The summed E-state index contributed by atoms with van der Waals surface area (Å²) >= 11 is 5.79. The minimum absolute atomic E-state index is 0.145. The Balaban J connectivity index is 1.58. The molecule has 3 aromatic rings. The minimum atomic E-state index is -3.66. The molecule has 0 aliphatic heterocycles. The molecule has 0 aliphatic carbocycles. The van der Waals surface area contributed by atoms with E-state index in [1.54, 1.807) is 12.1 Å². The number of hydrogen-bond donors (Lipinski definition) is 2. The van der Waals surface area contributed by atoms with Crippen molar-refractivity contribution in [1.29, 1.82) is 0 Å². The summed E-state index contributed by atoms with van der Waals surface area (Å²) in [4.78, 5) is 4.39. The van der Waals surface area contributed by atoms with Gasteiger partial charge in [-0.2, -0.15) is 0 Å². The molecule has 1 aromatic heterocycles. The van der Waals surface area contributed by atoms with Gasteiger partial charge in [-0.25, -0.2) is 13.4 Å². The first-order valence-corrected chi connectivity index (χ1v) is 9.91. The van der Waals surface area contributed by atoms with E-state index in [2.05, 4.69) is 27.2 Å². The lowest BCUT2D eigenvalue weighted by Gasteiger charge is -2.09. The fourth-order valence-electron chi connectivity index (χ4n) is 2.37. The third kappa shape index (κ3) is 4.97. The number of hydrogen-bond acceptors (Lipinski definition) is 4. The summed E-state index contributed by atoms with van der Waals surface area (Å²) in [6, 6.07) is 19.5. The van der Waals surface area contributed by atoms with Gasteiger partial charge in [-0.05, 0) is 48.4 Å². The Morgan fingerprint density at radius 3 is 2.31 bits per heavy atom. The predicted octanol–water partition coefficient (Wildman–Crippen LogP) is 4.19. The lowest BCUT2D eigenvalue weighted by Crippen LogP contribution is -2.13. The van der Waals surface area contributed by atoms with Crippen molar-refractivity contribution in [3.8, 4) is 0 Å². The molecule has 0 atom stereocenters. The summed E-state index contributed by atoms with van der Waals surface area (Å²) in [5.74, 6) is 0.690. The van der Waals surface area contributed by atoms with Crippen molar-refractivity contribution in [2.75, 3.05) is 16.6 Å². The third-order valence-corrected chi connectivity index (χ3v) is 5.35. The van der Waals surface area contributed by atoms with Crippen LogP contribution in [0.25, 0.3) is 0 Å². The zero-order chi connectivity index (χ0) is 18.4. The zero-order valence-electron chi connectivity index (χ0n) is 13.9. The SMILES string of the molecule is O=S(=O)(Nc1ccc(NCCc2ccccc2)nc1)c1ccc(Cl)cc1. The van der Waals surface area contributed by atoms with Crippen molar-refractivity contribution in [3.63, 3.8) is 0 Å². The number of benzene rings is 2. The van der Waals surface area contributed by atoms with Crippen molar-refractivity contribution in [1.82, 2.24) is 4.98 Å². The van der Waals surface area contributed by atoms with E-state index in [-0.39, 0.29) is 4.90 Å². The molecule has 2 N–H and O–H groups in total. The molecule has 134 valence electrons. The maximum atomic E-state index is 12.3. The van der Waals surface area contributed by atoms with Gasteiger partial charge in [-0.15, -0.1) is 0 Å². The van der Waals surface area contributed by atoms with Crippen LogP contribution in [0, 0.1) is 0 Å². The van der Waals surface area contributed by atoms with Crippen molar-refractivity contribution >= 4 is 33.1 Å². The fourth-order valence-corrected chi connectivity index (χ4v) is 3.54. The second-order valence-electron chi connectivity index (χ2n) is 5.65. The second-order valence-corrected chi connectivity index (χ2v) is 7.77. The molecule has 0 saturated heterocycles. The van der Waals surface area contributed by atoms with Crippen LogP contribution in [0.2, 0.25) is 5.02 Å². The number of nitrogens with one attached hydrogen (secondary N) is 2.